The zero-order chi connectivity index (χ0) is 23.2. The van der Waals surface area contributed by atoms with Gasteiger partial charge in [0.2, 0.25) is 5.91 Å². The quantitative estimate of drug-likeness (QED) is 0.401. The number of fused-ring (bicyclic) bond motifs is 1. The SMILES string of the molecule is CC(C)[C@H](NC(=O)CSc1nc(-c2ccccc2)cc(=O)[nH]1)c1ccc2c(c1)OCCCO2. The second kappa shape index (κ2) is 10.6. The Hall–Kier alpha value is -3.26. The fourth-order valence-electron chi connectivity index (χ4n) is 3.62. The number of nitrogens with zero attached hydrogens (tertiary/aromatic N) is 1. The Balaban J connectivity index is 1.44. The lowest BCUT2D eigenvalue weighted by molar-refractivity contribution is -0.119. The topological polar surface area (TPSA) is 93.3 Å². The number of ether oxygens (including phenoxy) is 2. The first-order valence-corrected chi connectivity index (χ1v) is 12.0. The molecule has 0 bridgehead atoms. The monoisotopic (exact) mass is 465 g/mol. The smallest absolute Gasteiger partial charge is 0.252 e. The largest absolute Gasteiger partial charge is 0.490 e. The summed E-state index contributed by atoms with van der Waals surface area (Å²) in [6, 6.07) is 16.6. The summed E-state index contributed by atoms with van der Waals surface area (Å²) in [6.07, 6.45) is 0.840. The van der Waals surface area contributed by atoms with Gasteiger partial charge in [0.1, 0.15) is 0 Å². The highest BCUT2D eigenvalue weighted by atomic mass is 32.2. The molecule has 1 aliphatic rings. The lowest BCUT2D eigenvalue weighted by Crippen LogP contribution is -2.33. The number of thioether (sulfide) groups is 1. The number of benzene rings is 2. The van der Waals surface area contributed by atoms with Crippen LogP contribution >= 0.6 is 11.8 Å². The molecule has 8 heteroatoms. The molecule has 2 heterocycles. The summed E-state index contributed by atoms with van der Waals surface area (Å²) in [7, 11) is 0. The molecule has 1 aliphatic heterocycles. The summed E-state index contributed by atoms with van der Waals surface area (Å²) in [5.41, 5.74) is 2.14. The molecule has 0 fully saturated rings. The minimum absolute atomic E-state index is 0.134. The van der Waals surface area contributed by atoms with Gasteiger partial charge in [-0.3, -0.25) is 9.59 Å². The first-order valence-electron chi connectivity index (χ1n) is 11.0. The number of nitrogens with one attached hydrogen (secondary N) is 2. The van der Waals surface area contributed by atoms with Gasteiger partial charge >= 0.3 is 0 Å². The molecule has 2 N–H and O–H groups in total. The van der Waals surface area contributed by atoms with Gasteiger partial charge in [0, 0.05) is 18.1 Å². The van der Waals surface area contributed by atoms with E-state index in [2.05, 4.69) is 29.1 Å². The first-order chi connectivity index (χ1) is 16.0. The molecule has 0 spiro atoms. The zero-order valence-electron chi connectivity index (χ0n) is 18.7. The van der Waals surface area contributed by atoms with Crippen molar-refractivity contribution >= 4 is 17.7 Å². The first kappa shape index (κ1) is 22.9. The highest BCUT2D eigenvalue weighted by molar-refractivity contribution is 7.99. The second-order valence-corrected chi connectivity index (χ2v) is 9.10. The van der Waals surface area contributed by atoms with Crippen LogP contribution in [0.5, 0.6) is 11.5 Å². The Morgan fingerprint density at radius 1 is 1.09 bits per heavy atom. The molecule has 1 atom stereocenters. The number of H-pyrrole nitrogens is 1. The normalized spacial score (nSPS) is 13.9. The minimum atomic E-state index is -0.251. The number of hydrogen-bond acceptors (Lipinski definition) is 6. The highest BCUT2D eigenvalue weighted by Crippen LogP contribution is 2.34. The molecule has 172 valence electrons. The number of amides is 1. The van der Waals surface area contributed by atoms with Gasteiger partial charge in [-0.05, 0) is 23.6 Å². The van der Waals surface area contributed by atoms with E-state index in [0.717, 1.165) is 23.3 Å². The van der Waals surface area contributed by atoms with Crippen molar-refractivity contribution < 1.29 is 14.3 Å². The van der Waals surface area contributed by atoms with Gasteiger partial charge in [-0.1, -0.05) is 62.0 Å². The van der Waals surface area contributed by atoms with Crippen molar-refractivity contribution in [2.75, 3.05) is 19.0 Å². The zero-order valence-corrected chi connectivity index (χ0v) is 19.5. The molecular weight excluding hydrogens is 438 g/mol. The van der Waals surface area contributed by atoms with E-state index in [0.29, 0.717) is 29.8 Å². The summed E-state index contributed by atoms with van der Waals surface area (Å²) >= 11 is 1.20. The van der Waals surface area contributed by atoms with Gasteiger partial charge in [-0.25, -0.2) is 4.98 Å². The summed E-state index contributed by atoms with van der Waals surface area (Å²) in [5, 5.41) is 3.52. The Morgan fingerprint density at radius 2 is 1.85 bits per heavy atom. The molecule has 3 aromatic rings. The molecule has 2 aromatic carbocycles. The van der Waals surface area contributed by atoms with E-state index in [1.807, 2.05) is 48.5 Å². The number of carbonyl (C=O) groups is 1. The maximum absolute atomic E-state index is 12.8. The van der Waals surface area contributed by atoms with Crippen LogP contribution in [0.25, 0.3) is 11.3 Å². The van der Waals surface area contributed by atoms with Gasteiger partial charge < -0.3 is 19.8 Å². The van der Waals surface area contributed by atoms with Crippen LogP contribution in [0.15, 0.2) is 64.5 Å². The molecule has 0 saturated heterocycles. The van der Waals surface area contributed by atoms with Crippen molar-refractivity contribution in [1.82, 2.24) is 15.3 Å². The standard InChI is InChI=1S/C25H27N3O4S/c1-16(2)24(18-9-10-20-21(13-18)32-12-6-11-31-20)27-23(30)15-33-25-26-19(14-22(29)28-25)17-7-4-3-5-8-17/h3-5,7-10,13-14,16,24H,6,11-12,15H2,1-2H3,(H,27,30)(H,26,28,29)/t24-/m0/s1. The predicted molar refractivity (Wildman–Crippen MR) is 129 cm³/mol. The molecule has 1 aromatic heterocycles. The van der Waals surface area contributed by atoms with E-state index in [1.165, 1.54) is 17.8 Å². The number of aromatic amines is 1. The molecule has 0 aliphatic carbocycles. The Morgan fingerprint density at radius 3 is 2.61 bits per heavy atom. The number of hydrogen-bond donors (Lipinski definition) is 2. The van der Waals surface area contributed by atoms with Crippen LogP contribution in [0, 0.1) is 5.92 Å². The van der Waals surface area contributed by atoms with Gasteiger partial charge in [-0.15, -0.1) is 0 Å². The van der Waals surface area contributed by atoms with Gasteiger partial charge in [-0.2, -0.15) is 0 Å². The van der Waals surface area contributed by atoms with Gasteiger partial charge in [0.05, 0.1) is 30.7 Å². The van der Waals surface area contributed by atoms with Crippen LogP contribution in [0.1, 0.15) is 31.9 Å². The highest BCUT2D eigenvalue weighted by Gasteiger charge is 2.21. The molecule has 4 rings (SSSR count). The predicted octanol–water partition coefficient (Wildman–Crippen LogP) is 4.20. The lowest BCUT2D eigenvalue weighted by Gasteiger charge is -2.24. The minimum Gasteiger partial charge on any atom is -0.490 e. The Labute approximate surface area is 196 Å². The molecule has 0 saturated carbocycles. The van der Waals surface area contributed by atoms with Crippen molar-refractivity contribution in [3.63, 3.8) is 0 Å². The number of carbonyl (C=O) groups excluding carboxylic acids is 1. The van der Waals surface area contributed by atoms with E-state index in [1.54, 1.807) is 0 Å². The van der Waals surface area contributed by atoms with Crippen LogP contribution in [-0.4, -0.2) is 34.8 Å². The van der Waals surface area contributed by atoms with Crippen LogP contribution in [0.4, 0.5) is 0 Å². The molecule has 0 radical (unpaired) electrons. The van der Waals surface area contributed by atoms with Gasteiger partial charge in [0.15, 0.2) is 16.7 Å². The fourth-order valence-corrected chi connectivity index (χ4v) is 4.30. The summed E-state index contributed by atoms with van der Waals surface area (Å²) in [6.45, 7) is 5.36. The van der Waals surface area contributed by atoms with Crippen molar-refractivity contribution in [3.05, 3.63) is 70.5 Å². The summed E-state index contributed by atoms with van der Waals surface area (Å²) < 4.78 is 11.5. The van der Waals surface area contributed by atoms with E-state index in [4.69, 9.17) is 9.47 Å². The van der Waals surface area contributed by atoms with E-state index < -0.39 is 0 Å². The van der Waals surface area contributed by atoms with Gasteiger partial charge in [0.25, 0.3) is 5.56 Å². The van der Waals surface area contributed by atoms with E-state index in [-0.39, 0.29) is 29.2 Å². The Bertz CT molecular complexity index is 1160. The fraction of sp³-hybridized carbons (Fsp3) is 0.320. The van der Waals surface area contributed by atoms with Crippen molar-refractivity contribution in [2.45, 2.75) is 31.5 Å². The molecule has 1 amide bonds. The van der Waals surface area contributed by atoms with Crippen molar-refractivity contribution in [2.24, 2.45) is 5.92 Å². The Kier molecular flexibility index (Phi) is 7.34. The maximum Gasteiger partial charge on any atom is 0.252 e. The van der Waals surface area contributed by atoms with Crippen LogP contribution in [0.3, 0.4) is 0 Å². The van der Waals surface area contributed by atoms with Crippen molar-refractivity contribution in [3.8, 4) is 22.8 Å². The molecule has 0 unspecified atom stereocenters. The lowest BCUT2D eigenvalue weighted by atomic mass is 9.95. The van der Waals surface area contributed by atoms with E-state index in [9.17, 15) is 9.59 Å². The average Bonchev–Trinajstić information content (AvgIpc) is 3.06. The van der Waals surface area contributed by atoms with Crippen LogP contribution in [-0.2, 0) is 4.79 Å². The third-order valence-corrected chi connectivity index (χ3v) is 6.12. The third kappa shape index (κ3) is 5.96. The second-order valence-electron chi connectivity index (χ2n) is 8.14. The number of rotatable bonds is 7. The van der Waals surface area contributed by atoms with Crippen molar-refractivity contribution in [1.29, 1.82) is 0 Å². The maximum atomic E-state index is 12.8. The summed E-state index contributed by atoms with van der Waals surface area (Å²) in [5.74, 6) is 1.60. The molecule has 33 heavy (non-hydrogen) atoms. The summed E-state index contributed by atoms with van der Waals surface area (Å²) in [4.78, 5) is 32.1. The number of aromatic nitrogens is 2. The third-order valence-electron chi connectivity index (χ3n) is 5.24. The van der Waals surface area contributed by atoms with Crippen LogP contribution < -0.4 is 20.3 Å². The van der Waals surface area contributed by atoms with E-state index >= 15 is 0 Å². The average molecular weight is 466 g/mol. The molecular formula is C25H27N3O4S. The van der Waals surface area contributed by atoms with Crippen LogP contribution in [0.2, 0.25) is 0 Å². The molecule has 7 nitrogen and oxygen atoms in total.